The van der Waals surface area contributed by atoms with Crippen molar-refractivity contribution in [3.63, 3.8) is 0 Å². The summed E-state index contributed by atoms with van der Waals surface area (Å²) < 4.78 is 18.7. The van der Waals surface area contributed by atoms with Crippen molar-refractivity contribution in [3.8, 4) is 5.75 Å². The van der Waals surface area contributed by atoms with Gasteiger partial charge in [-0.15, -0.1) is 0 Å². The second-order valence-electron chi connectivity index (χ2n) is 5.83. The van der Waals surface area contributed by atoms with E-state index in [-0.39, 0.29) is 11.7 Å². The van der Waals surface area contributed by atoms with Gasteiger partial charge in [0.2, 0.25) is 0 Å². The quantitative estimate of drug-likeness (QED) is 0.905. The fourth-order valence-corrected chi connectivity index (χ4v) is 3.56. The second kappa shape index (κ2) is 6.65. The molecule has 5 heteroatoms. The van der Waals surface area contributed by atoms with E-state index in [1.165, 1.54) is 0 Å². The highest BCUT2D eigenvalue weighted by Gasteiger charge is 2.39. The van der Waals surface area contributed by atoms with E-state index in [0.29, 0.717) is 6.54 Å². The standard InChI is InChI=1S/C16H22BrNO3/c17-15-2-1-13(9-12(15)11-18)21-14-3-6-20-16(10-14)4-7-19-8-5-16/h1-2,9,14H,3-8,10-11,18H2. The van der Waals surface area contributed by atoms with E-state index in [4.69, 9.17) is 19.9 Å². The Balaban J connectivity index is 1.67. The van der Waals surface area contributed by atoms with Crippen LogP contribution in [0.1, 0.15) is 31.2 Å². The zero-order valence-corrected chi connectivity index (χ0v) is 13.7. The van der Waals surface area contributed by atoms with Crippen molar-refractivity contribution in [1.82, 2.24) is 0 Å². The monoisotopic (exact) mass is 355 g/mol. The molecule has 2 aliphatic rings. The molecule has 0 aliphatic carbocycles. The molecule has 116 valence electrons. The minimum absolute atomic E-state index is 0.0345. The van der Waals surface area contributed by atoms with Crippen LogP contribution in [0, 0.1) is 0 Å². The topological polar surface area (TPSA) is 53.7 Å². The van der Waals surface area contributed by atoms with Crippen molar-refractivity contribution >= 4 is 15.9 Å². The lowest BCUT2D eigenvalue weighted by molar-refractivity contribution is -0.155. The van der Waals surface area contributed by atoms with E-state index in [9.17, 15) is 0 Å². The van der Waals surface area contributed by atoms with Gasteiger partial charge in [0, 0.05) is 37.1 Å². The summed E-state index contributed by atoms with van der Waals surface area (Å²) in [5, 5.41) is 0. The summed E-state index contributed by atoms with van der Waals surface area (Å²) >= 11 is 3.50. The molecule has 0 radical (unpaired) electrons. The summed E-state index contributed by atoms with van der Waals surface area (Å²) in [6.45, 7) is 2.86. The van der Waals surface area contributed by atoms with Crippen LogP contribution >= 0.6 is 15.9 Å². The number of hydrogen-bond acceptors (Lipinski definition) is 4. The Morgan fingerprint density at radius 3 is 2.86 bits per heavy atom. The Morgan fingerprint density at radius 2 is 2.10 bits per heavy atom. The average Bonchev–Trinajstić information content (AvgIpc) is 2.50. The first-order chi connectivity index (χ1) is 10.2. The molecule has 0 amide bonds. The molecule has 1 spiro atoms. The van der Waals surface area contributed by atoms with Crippen LogP contribution in [0.3, 0.4) is 0 Å². The molecule has 2 fully saturated rings. The highest BCUT2D eigenvalue weighted by molar-refractivity contribution is 9.10. The van der Waals surface area contributed by atoms with Crippen molar-refractivity contribution < 1.29 is 14.2 Å². The van der Waals surface area contributed by atoms with Gasteiger partial charge in [0.1, 0.15) is 11.9 Å². The summed E-state index contributed by atoms with van der Waals surface area (Å²) in [6, 6.07) is 6.02. The third-order valence-corrected chi connectivity index (χ3v) is 5.17. The number of halogens is 1. The van der Waals surface area contributed by atoms with Gasteiger partial charge in [-0.25, -0.2) is 0 Å². The van der Waals surface area contributed by atoms with Crippen molar-refractivity contribution in [3.05, 3.63) is 28.2 Å². The van der Waals surface area contributed by atoms with E-state index in [0.717, 1.165) is 61.3 Å². The molecule has 2 N–H and O–H groups in total. The number of benzene rings is 1. The van der Waals surface area contributed by atoms with Gasteiger partial charge in [0.25, 0.3) is 0 Å². The van der Waals surface area contributed by atoms with Gasteiger partial charge >= 0.3 is 0 Å². The third-order valence-electron chi connectivity index (χ3n) is 4.39. The van der Waals surface area contributed by atoms with Crippen LogP contribution in [0.25, 0.3) is 0 Å². The zero-order chi connectivity index (χ0) is 14.7. The molecule has 1 aromatic carbocycles. The van der Waals surface area contributed by atoms with Gasteiger partial charge in [0.15, 0.2) is 0 Å². The van der Waals surface area contributed by atoms with Crippen LogP contribution in [-0.4, -0.2) is 31.5 Å². The lowest BCUT2D eigenvalue weighted by Gasteiger charge is -2.43. The molecule has 1 aromatic rings. The number of ether oxygens (including phenoxy) is 3. The molecule has 0 aromatic heterocycles. The molecule has 2 heterocycles. The van der Waals surface area contributed by atoms with Crippen molar-refractivity contribution in [2.75, 3.05) is 19.8 Å². The van der Waals surface area contributed by atoms with Gasteiger partial charge in [0.05, 0.1) is 12.2 Å². The second-order valence-corrected chi connectivity index (χ2v) is 6.69. The van der Waals surface area contributed by atoms with Crippen molar-refractivity contribution in [2.45, 2.75) is 43.9 Å². The molecule has 21 heavy (non-hydrogen) atoms. The summed E-state index contributed by atoms with van der Waals surface area (Å²) in [4.78, 5) is 0. The molecule has 0 saturated carbocycles. The Hall–Kier alpha value is -0.620. The van der Waals surface area contributed by atoms with Gasteiger partial charge in [-0.3, -0.25) is 0 Å². The third kappa shape index (κ3) is 3.59. The van der Waals surface area contributed by atoms with Crippen LogP contribution in [0.15, 0.2) is 22.7 Å². The fourth-order valence-electron chi connectivity index (χ4n) is 3.15. The van der Waals surface area contributed by atoms with E-state index in [1.807, 2.05) is 18.2 Å². The predicted molar refractivity (Wildman–Crippen MR) is 84.4 cm³/mol. The van der Waals surface area contributed by atoms with E-state index in [1.54, 1.807) is 0 Å². The van der Waals surface area contributed by atoms with Crippen molar-refractivity contribution in [1.29, 1.82) is 0 Å². The summed E-state index contributed by atoms with van der Waals surface area (Å²) in [6.07, 6.45) is 4.05. The first-order valence-electron chi connectivity index (χ1n) is 7.58. The number of rotatable bonds is 3. The fraction of sp³-hybridized carbons (Fsp3) is 0.625. The SMILES string of the molecule is NCc1cc(OC2CCOC3(CCOCC3)C2)ccc1Br. The van der Waals surface area contributed by atoms with Crippen LogP contribution < -0.4 is 10.5 Å². The highest BCUT2D eigenvalue weighted by atomic mass is 79.9. The smallest absolute Gasteiger partial charge is 0.120 e. The Morgan fingerprint density at radius 1 is 1.29 bits per heavy atom. The van der Waals surface area contributed by atoms with E-state index < -0.39 is 0 Å². The minimum atomic E-state index is -0.0345. The Bertz CT molecular complexity index is 483. The van der Waals surface area contributed by atoms with Crippen LogP contribution in [0.4, 0.5) is 0 Å². The van der Waals surface area contributed by atoms with Gasteiger partial charge in [-0.2, -0.15) is 0 Å². The zero-order valence-electron chi connectivity index (χ0n) is 12.1. The molecular weight excluding hydrogens is 334 g/mol. The minimum Gasteiger partial charge on any atom is -0.490 e. The molecule has 2 saturated heterocycles. The summed E-state index contributed by atoms with van der Waals surface area (Å²) in [5.41, 5.74) is 6.78. The highest BCUT2D eigenvalue weighted by Crippen LogP contribution is 2.36. The van der Waals surface area contributed by atoms with Crippen LogP contribution in [-0.2, 0) is 16.0 Å². The van der Waals surface area contributed by atoms with Crippen LogP contribution in [0.2, 0.25) is 0 Å². The Kier molecular flexibility index (Phi) is 4.84. The van der Waals surface area contributed by atoms with Gasteiger partial charge in [-0.1, -0.05) is 15.9 Å². The number of nitrogens with two attached hydrogens (primary N) is 1. The summed E-state index contributed by atoms with van der Waals surface area (Å²) in [7, 11) is 0. The summed E-state index contributed by atoms with van der Waals surface area (Å²) in [5.74, 6) is 0.896. The van der Waals surface area contributed by atoms with Crippen LogP contribution in [0.5, 0.6) is 5.75 Å². The largest absolute Gasteiger partial charge is 0.490 e. The van der Waals surface area contributed by atoms with Gasteiger partial charge < -0.3 is 19.9 Å². The van der Waals surface area contributed by atoms with Crippen molar-refractivity contribution in [2.24, 2.45) is 5.73 Å². The maximum atomic E-state index is 6.18. The molecule has 1 atom stereocenters. The molecule has 3 rings (SSSR count). The molecule has 2 aliphatic heterocycles. The first-order valence-corrected chi connectivity index (χ1v) is 8.37. The number of hydrogen-bond donors (Lipinski definition) is 1. The normalized spacial score (nSPS) is 25.0. The first kappa shape index (κ1) is 15.3. The average molecular weight is 356 g/mol. The molecular formula is C16H22BrNO3. The maximum absolute atomic E-state index is 6.18. The lowest BCUT2D eigenvalue weighted by atomic mass is 9.85. The molecule has 4 nitrogen and oxygen atoms in total. The van der Waals surface area contributed by atoms with E-state index >= 15 is 0 Å². The maximum Gasteiger partial charge on any atom is 0.120 e. The molecule has 1 unspecified atom stereocenters. The Labute approximate surface area is 134 Å². The molecule has 0 bridgehead atoms. The van der Waals surface area contributed by atoms with E-state index in [2.05, 4.69) is 15.9 Å². The lowest BCUT2D eigenvalue weighted by Crippen LogP contribution is -2.47. The predicted octanol–water partition coefficient (Wildman–Crippen LogP) is 3.01. The van der Waals surface area contributed by atoms with Gasteiger partial charge in [-0.05, 0) is 36.6 Å².